The minimum Gasteiger partial charge on any atom is -0.327 e. The fourth-order valence-corrected chi connectivity index (χ4v) is 1.30. The van der Waals surface area contributed by atoms with Gasteiger partial charge < -0.3 is 16.4 Å². The van der Waals surface area contributed by atoms with Gasteiger partial charge >= 0.3 is 0 Å². The molecule has 0 spiro atoms. The Kier molecular flexibility index (Phi) is 2.15. The molecule has 0 bridgehead atoms. The van der Waals surface area contributed by atoms with Crippen LogP contribution in [0.3, 0.4) is 0 Å². The molecule has 11 heavy (non-hydrogen) atoms. The second-order valence-corrected chi connectivity index (χ2v) is 3.21. The van der Waals surface area contributed by atoms with E-state index < -0.39 is 5.66 Å². The van der Waals surface area contributed by atoms with Gasteiger partial charge in [-0.2, -0.15) is 0 Å². The van der Waals surface area contributed by atoms with E-state index in [1.807, 2.05) is 0 Å². The molecule has 1 rings (SSSR count). The highest BCUT2D eigenvalue weighted by Crippen LogP contribution is 2.16. The molecule has 4 N–H and O–H groups in total. The first-order valence-electron chi connectivity index (χ1n) is 3.87. The first-order chi connectivity index (χ1) is 5.08. The Hall–Kier alpha value is -0.610. The minimum absolute atomic E-state index is 0.125. The van der Waals surface area contributed by atoms with Crippen molar-refractivity contribution in [1.29, 1.82) is 0 Å². The van der Waals surface area contributed by atoms with E-state index in [2.05, 4.69) is 0 Å². The Morgan fingerprint density at radius 2 is 2.36 bits per heavy atom. The summed E-state index contributed by atoms with van der Waals surface area (Å²) in [6.07, 6.45) is 1.53. The Morgan fingerprint density at radius 1 is 1.73 bits per heavy atom. The van der Waals surface area contributed by atoms with Crippen LogP contribution in [-0.4, -0.2) is 29.6 Å². The summed E-state index contributed by atoms with van der Waals surface area (Å²) < 4.78 is 0. The maximum atomic E-state index is 11.2. The molecule has 1 aliphatic heterocycles. The molecule has 1 amide bonds. The van der Waals surface area contributed by atoms with Gasteiger partial charge in [0.1, 0.15) is 5.66 Å². The number of rotatable bonds is 2. The average molecular weight is 157 g/mol. The van der Waals surface area contributed by atoms with Crippen LogP contribution in [0.5, 0.6) is 0 Å². The van der Waals surface area contributed by atoms with Crippen LogP contribution in [0.1, 0.15) is 19.8 Å². The Balaban J connectivity index is 2.65. The summed E-state index contributed by atoms with van der Waals surface area (Å²) in [6.45, 7) is 2.86. The van der Waals surface area contributed by atoms with Crippen LogP contribution in [0.2, 0.25) is 0 Å². The maximum Gasteiger partial charge on any atom is 0.224 e. The van der Waals surface area contributed by atoms with Gasteiger partial charge in [0.25, 0.3) is 0 Å². The molecule has 1 aliphatic rings. The molecule has 0 saturated carbocycles. The molecule has 64 valence electrons. The van der Waals surface area contributed by atoms with Crippen molar-refractivity contribution in [3.63, 3.8) is 0 Å². The third kappa shape index (κ3) is 1.52. The van der Waals surface area contributed by atoms with E-state index in [1.165, 1.54) is 0 Å². The lowest BCUT2D eigenvalue weighted by Crippen LogP contribution is -2.58. The van der Waals surface area contributed by atoms with E-state index in [0.29, 0.717) is 13.0 Å². The van der Waals surface area contributed by atoms with Gasteiger partial charge in [-0.15, -0.1) is 0 Å². The summed E-state index contributed by atoms with van der Waals surface area (Å²) >= 11 is 0. The van der Waals surface area contributed by atoms with Crippen molar-refractivity contribution >= 4 is 5.91 Å². The number of hydrogen-bond acceptors (Lipinski definition) is 3. The third-order valence-electron chi connectivity index (χ3n) is 2.10. The lowest BCUT2D eigenvalue weighted by molar-refractivity contribution is -0.132. The van der Waals surface area contributed by atoms with Crippen molar-refractivity contribution in [2.75, 3.05) is 13.1 Å². The number of nitrogens with two attached hydrogens (primary N) is 2. The van der Waals surface area contributed by atoms with E-state index in [0.717, 1.165) is 13.0 Å². The zero-order valence-electron chi connectivity index (χ0n) is 6.84. The molecular weight excluding hydrogens is 142 g/mol. The molecule has 4 nitrogen and oxygen atoms in total. The van der Waals surface area contributed by atoms with Crippen LogP contribution in [-0.2, 0) is 4.79 Å². The predicted octanol–water partition coefficient (Wildman–Crippen LogP) is -0.758. The quantitative estimate of drug-likeness (QED) is 0.553. The molecular formula is C7H15N3O. The van der Waals surface area contributed by atoms with Gasteiger partial charge in [-0.1, -0.05) is 0 Å². The standard InChI is InChI=1S/C7H15N3O/c1-7(9,5-8)10-4-2-3-6(10)11/h2-5,8-9H2,1H3. The first-order valence-corrected chi connectivity index (χ1v) is 3.87. The summed E-state index contributed by atoms with van der Waals surface area (Å²) in [5.41, 5.74) is 10.6. The summed E-state index contributed by atoms with van der Waals surface area (Å²) in [7, 11) is 0. The smallest absolute Gasteiger partial charge is 0.224 e. The van der Waals surface area contributed by atoms with Gasteiger partial charge in [-0.3, -0.25) is 4.79 Å². The summed E-state index contributed by atoms with van der Waals surface area (Å²) in [5.74, 6) is 0.125. The van der Waals surface area contributed by atoms with Crippen molar-refractivity contribution in [2.24, 2.45) is 11.5 Å². The van der Waals surface area contributed by atoms with Gasteiger partial charge in [-0.05, 0) is 13.3 Å². The molecule has 4 heteroatoms. The van der Waals surface area contributed by atoms with E-state index >= 15 is 0 Å². The zero-order chi connectivity index (χ0) is 8.48. The van der Waals surface area contributed by atoms with Crippen molar-refractivity contribution in [1.82, 2.24) is 4.90 Å². The molecule has 1 unspecified atom stereocenters. The lowest BCUT2D eigenvalue weighted by Gasteiger charge is -2.33. The fourth-order valence-electron chi connectivity index (χ4n) is 1.30. The van der Waals surface area contributed by atoms with Crippen LogP contribution < -0.4 is 11.5 Å². The molecule has 0 aromatic heterocycles. The van der Waals surface area contributed by atoms with Crippen LogP contribution in [0.25, 0.3) is 0 Å². The normalized spacial score (nSPS) is 23.9. The van der Waals surface area contributed by atoms with Crippen LogP contribution in [0.4, 0.5) is 0 Å². The highest BCUT2D eigenvalue weighted by molar-refractivity contribution is 5.78. The number of carbonyl (C=O) groups is 1. The van der Waals surface area contributed by atoms with E-state index in [-0.39, 0.29) is 5.91 Å². The number of hydrogen-bond donors (Lipinski definition) is 2. The molecule has 1 fully saturated rings. The van der Waals surface area contributed by atoms with Gasteiger partial charge in [0.05, 0.1) is 0 Å². The van der Waals surface area contributed by atoms with E-state index in [4.69, 9.17) is 11.5 Å². The second-order valence-electron chi connectivity index (χ2n) is 3.21. The number of amides is 1. The largest absolute Gasteiger partial charge is 0.327 e. The number of likely N-dealkylation sites (tertiary alicyclic amines) is 1. The van der Waals surface area contributed by atoms with Crippen LogP contribution in [0, 0.1) is 0 Å². The molecule has 0 aromatic carbocycles. The van der Waals surface area contributed by atoms with Crippen molar-refractivity contribution in [2.45, 2.75) is 25.4 Å². The zero-order valence-corrected chi connectivity index (χ0v) is 6.84. The van der Waals surface area contributed by atoms with Gasteiger partial charge in [0, 0.05) is 19.5 Å². The SMILES string of the molecule is CC(N)(CN)N1CCCC1=O. The number of nitrogens with zero attached hydrogens (tertiary/aromatic N) is 1. The molecule has 0 aliphatic carbocycles. The molecule has 0 aromatic rings. The highest BCUT2D eigenvalue weighted by Gasteiger charge is 2.32. The molecule has 1 atom stereocenters. The molecule has 1 heterocycles. The van der Waals surface area contributed by atoms with Crippen LogP contribution >= 0.6 is 0 Å². The molecule has 0 radical (unpaired) electrons. The fraction of sp³-hybridized carbons (Fsp3) is 0.857. The van der Waals surface area contributed by atoms with Crippen molar-refractivity contribution < 1.29 is 4.79 Å². The third-order valence-corrected chi connectivity index (χ3v) is 2.10. The first kappa shape index (κ1) is 8.49. The summed E-state index contributed by atoms with van der Waals surface area (Å²) in [4.78, 5) is 12.8. The lowest BCUT2D eigenvalue weighted by atomic mass is 10.2. The van der Waals surface area contributed by atoms with Gasteiger partial charge in [0.2, 0.25) is 5.91 Å². The topological polar surface area (TPSA) is 72.3 Å². The Morgan fingerprint density at radius 3 is 2.73 bits per heavy atom. The highest BCUT2D eigenvalue weighted by atomic mass is 16.2. The minimum atomic E-state index is -0.645. The second kappa shape index (κ2) is 2.79. The predicted molar refractivity (Wildman–Crippen MR) is 42.6 cm³/mol. The Labute approximate surface area is 66.5 Å². The molecule has 1 saturated heterocycles. The van der Waals surface area contributed by atoms with Crippen molar-refractivity contribution in [3.8, 4) is 0 Å². The Bertz CT molecular complexity index is 167. The van der Waals surface area contributed by atoms with Gasteiger partial charge in [-0.25, -0.2) is 0 Å². The number of carbonyl (C=O) groups excluding carboxylic acids is 1. The summed E-state index contributed by atoms with van der Waals surface area (Å²) in [6, 6.07) is 0. The van der Waals surface area contributed by atoms with Gasteiger partial charge in [0.15, 0.2) is 0 Å². The van der Waals surface area contributed by atoms with E-state index in [1.54, 1.807) is 11.8 Å². The summed E-state index contributed by atoms with van der Waals surface area (Å²) in [5, 5.41) is 0. The maximum absolute atomic E-state index is 11.2. The van der Waals surface area contributed by atoms with Crippen molar-refractivity contribution in [3.05, 3.63) is 0 Å². The monoisotopic (exact) mass is 157 g/mol. The average Bonchev–Trinajstić information content (AvgIpc) is 2.36. The van der Waals surface area contributed by atoms with Crippen LogP contribution in [0.15, 0.2) is 0 Å². The van der Waals surface area contributed by atoms with E-state index in [9.17, 15) is 4.79 Å².